The molecule has 0 bridgehead atoms. The van der Waals surface area contributed by atoms with Crippen LogP contribution < -0.4 is 0 Å². The molecule has 0 heterocycles. The van der Waals surface area contributed by atoms with Crippen LogP contribution in [0.25, 0.3) is 0 Å². The molecule has 0 aliphatic rings. The summed E-state index contributed by atoms with van der Waals surface area (Å²) >= 11 is 0. The van der Waals surface area contributed by atoms with Crippen LogP contribution in [0, 0.1) is 11.8 Å². The predicted octanol–water partition coefficient (Wildman–Crippen LogP) is -1.11. The van der Waals surface area contributed by atoms with E-state index in [9.17, 15) is 0 Å². The molecule has 0 saturated carbocycles. The molecule has 2 N–H and O–H groups in total. The van der Waals surface area contributed by atoms with Gasteiger partial charge in [0.25, 0.3) is 0 Å². The quantitative estimate of drug-likeness (QED) is 0.312. The van der Waals surface area contributed by atoms with Crippen LogP contribution in [0.4, 0.5) is 0 Å². The molecule has 1 radical (unpaired) electrons. The van der Waals surface area contributed by atoms with Crippen LogP contribution in [0.3, 0.4) is 0 Å². The zero-order valence-electron chi connectivity index (χ0n) is 2.76. The number of rotatable bonds is 0. The summed E-state index contributed by atoms with van der Waals surface area (Å²) in [5.41, 5.74) is 0. The van der Waals surface area contributed by atoms with Crippen LogP contribution in [0.1, 0.15) is 0 Å². The first kappa shape index (κ1) is 30.8. The Morgan fingerprint density at radius 3 is 1.20 bits per heavy atom. The van der Waals surface area contributed by atoms with Gasteiger partial charge in [-0.15, -0.1) is 0 Å². The smallest absolute Gasteiger partial charge is 0 e. The van der Waals surface area contributed by atoms with Crippen molar-refractivity contribution < 1.29 is 22.0 Å². The van der Waals surface area contributed by atoms with Gasteiger partial charge in [0, 0.05) is 67.9 Å². The maximum absolute atomic E-state index is 6.25. The Kier molecular flexibility index (Phi) is 289. The van der Waals surface area contributed by atoms with Gasteiger partial charge in [-0.1, -0.05) is 0 Å². The van der Waals surface area contributed by atoms with Gasteiger partial charge in [0.05, 0.1) is 0 Å². The second-order valence-corrected chi connectivity index (χ2v) is 0. The first-order valence-corrected chi connectivity index (χ1v) is 0.224. The van der Waals surface area contributed by atoms with Crippen LogP contribution in [0.5, 0.6) is 0 Å². The maximum atomic E-state index is 6.25. The Hall–Kier alpha value is 1.58. The minimum atomic E-state index is 0. The van der Waals surface area contributed by atoms with Gasteiger partial charge in [-0.25, -0.2) is 0 Å². The molecule has 0 rings (SSSR count). The van der Waals surface area contributed by atoms with Gasteiger partial charge < -0.3 is 17.3 Å². The zero-order valence-corrected chi connectivity index (χ0v) is 6.87. The van der Waals surface area contributed by atoms with Crippen molar-refractivity contribution >= 4 is 51.4 Å². The van der Waals surface area contributed by atoms with Crippen LogP contribution in [0.2, 0.25) is 0 Å². The second-order valence-electron chi connectivity index (χ2n) is 0. The monoisotopic (exact) mass is 141 g/mol. The molecule has 0 aromatic heterocycles. The average Bonchev–Trinajstić information content (AvgIpc) is 1.00. The fourth-order valence-electron chi connectivity index (χ4n) is 0. The molecule has 0 aromatic carbocycles. The van der Waals surface area contributed by atoms with Crippen molar-refractivity contribution in [1.82, 2.24) is 0 Å². The standard InChI is InChI=1S/CN.K.Ni.H2O/c1-2;;;/h;;;1H2/q-1;;;. The summed E-state index contributed by atoms with van der Waals surface area (Å²) in [4.78, 5) is 0. The third-order valence-electron chi connectivity index (χ3n) is 0. The third-order valence-corrected chi connectivity index (χ3v) is 0. The molecular weight excluding hydrogens is 140 g/mol. The van der Waals surface area contributed by atoms with Crippen molar-refractivity contribution in [3.63, 3.8) is 0 Å². The summed E-state index contributed by atoms with van der Waals surface area (Å²) in [6.07, 6.45) is 0. The summed E-state index contributed by atoms with van der Waals surface area (Å²) in [5.74, 6) is 0. The van der Waals surface area contributed by atoms with Gasteiger partial charge in [0.15, 0.2) is 0 Å². The van der Waals surface area contributed by atoms with E-state index in [1.54, 1.807) is 0 Å². The van der Waals surface area contributed by atoms with E-state index in [-0.39, 0.29) is 73.4 Å². The maximum Gasteiger partial charge on any atom is 0 e. The van der Waals surface area contributed by atoms with E-state index in [0.717, 1.165) is 0 Å². The van der Waals surface area contributed by atoms with Crippen molar-refractivity contribution in [2.75, 3.05) is 0 Å². The van der Waals surface area contributed by atoms with E-state index >= 15 is 0 Å². The Bertz CT molecular complexity index is 16.4. The fraction of sp³-hybridized carbons (Fsp3) is 0. The number of hydrogen-bond donors (Lipinski definition) is 0. The molecule has 29 valence electrons. The molecule has 5 heavy (non-hydrogen) atoms. The van der Waals surface area contributed by atoms with E-state index in [0.29, 0.717) is 0 Å². The number of hydrogen-bond acceptors (Lipinski definition) is 1. The van der Waals surface area contributed by atoms with E-state index < -0.39 is 0 Å². The minimum absolute atomic E-state index is 0. The van der Waals surface area contributed by atoms with Crippen molar-refractivity contribution in [2.45, 2.75) is 0 Å². The van der Waals surface area contributed by atoms with Crippen LogP contribution >= 0.6 is 0 Å². The molecule has 0 saturated heterocycles. The molecule has 0 amide bonds. The van der Waals surface area contributed by atoms with Crippen molar-refractivity contribution in [3.8, 4) is 0 Å². The Morgan fingerprint density at radius 2 is 1.20 bits per heavy atom. The van der Waals surface area contributed by atoms with Gasteiger partial charge >= 0.3 is 0 Å². The van der Waals surface area contributed by atoms with E-state index in [1.165, 1.54) is 0 Å². The SMILES string of the molecule is O.[C-]#N.[K].[Ni]. The van der Waals surface area contributed by atoms with Crippen molar-refractivity contribution in [1.29, 1.82) is 5.26 Å². The van der Waals surface area contributed by atoms with Crippen LogP contribution in [-0.4, -0.2) is 56.9 Å². The zero-order chi connectivity index (χ0) is 2.00. The second kappa shape index (κ2) is 46.9. The first-order valence-electron chi connectivity index (χ1n) is 0.224. The fourth-order valence-corrected chi connectivity index (χ4v) is 0. The number of nitrogens with zero attached hydrogens (tertiary/aromatic N) is 1. The molecule has 0 fully saturated rings. The van der Waals surface area contributed by atoms with Gasteiger partial charge in [-0.3, -0.25) is 0 Å². The summed E-state index contributed by atoms with van der Waals surface area (Å²) in [6.45, 7) is 4.75. The summed E-state index contributed by atoms with van der Waals surface area (Å²) in [7, 11) is 0. The van der Waals surface area contributed by atoms with Crippen LogP contribution in [0.15, 0.2) is 0 Å². The molecule has 0 aliphatic carbocycles. The van der Waals surface area contributed by atoms with Crippen molar-refractivity contribution in [3.05, 3.63) is 6.57 Å². The third kappa shape index (κ3) is 28.6. The normalized spacial score (nSPS) is 0.400. The van der Waals surface area contributed by atoms with Gasteiger partial charge in [-0.2, -0.15) is 0 Å². The molecular formula is CH2KNNiO-. The van der Waals surface area contributed by atoms with E-state index in [1.807, 2.05) is 0 Å². The molecule has 2 nitrogen and oxygen atoms in total. The predicted molar refractivity (Wildman–Crippen MR) is 14.3 cm³/mol. The molecule has 0 atom stereocenters. The molecule has 4 heteroatoms. The summed E-state index contributed by atoms with van der Waals surface area (Å²) in [5, 5.41) is 6.25. The topological polar surface area (TPSA) is 55.3 Å². The van der Waals surface area contributed by atoms with Gasteiger partial charge in [0.1, 0.15) is 0 Å². The van der Waals surface area contributed by atoms with Gasteiger partial charge in [-0.05, 0) is 0 Å². The Labute approximate surface area is 83.6 Å². The van der Waals surface area contributed by atoms with Crippen molar-refractivity contribution in [2.24, 2.45) is 0 Å². The largest absolute Gasteiger partial charge is 0.512 e. The van der Waals surface area contributed by atoms with Crippen LogP contribution in [-0.2, 0) is 16.5 Å². The van der Waals surface area contributed by atoms with E-state index in [2.05, 4.69) is 0 Å². The van der Waals surface area contributed by atoms with Gasteiger partial charge in [0.2, 0.25) is 0 Å². The molecule has 0 aromatic rings. The Balaban J connectivity index is -0.00000000167. The molecule has 0 spiro atoms. The summed E-state index contributed by atoms with van der Waals surface area (Å²) in [6, 6.07) is 0. The average molecular weight is 142 g/mol. The van der Waals surface area contributed by atoms with E-state index in [4.69, 9.17) is 11.8 Å². The molecule has 0 unspecified atom stereocenters. The first-order chi connectivity index (χ1) is 1.00. The Morgan fingerprint density at radius 1 is 1.20 bits per heavy atom. The summed E-state index contributed by atoms with van der Waals surface area (Å²) < 4.78 is 0. The molecule has 0 aliphatic heterocycles. The minimum Gasteiger partial charge on any atom is -0.512 e.